The first-order valence-electron chi connectivity index (χ1n) is 7.31. The van der Waals surface area contributed by atoms with Crippen LogP contribution >= 0.6 is 22.6 Å². The topological polar surface area (TPSA) is 29.1 Å². The average molecular weight is 405 g/mol. The molecule has 0 spiro atoms. The Kier molecular flexibility index (Phi) is 5.77. The molecule has 0 aliphatic rings. The van der Waals surface area contributed by atoms with Gasteiger partial charge in [0.25, 0.3) is 0 Å². The van der Waals surface area contributed by atoms with Gasteiger partial charge in [-0.15, -0.1) is 0 Å². The molecule has 114 valence electrons. The Bertz CT molecular complexity index is 687. The van der Waals surface area contributed by atoms with Gasteiger partial charge in [0.05, 0.1) is 0 Å². The van der Waals surface area contributed by atoms with E-state index < -0.39 is 0 Å². The minimum Gasteiger partial charge on any atom is -0.322 e. The zero-order valence-electron chi connectivity index (χ0n) is 13.1. The SMILES string of the molecule is Cc1cc(I)ccc1NC(=O)C=Cc1ccc(C(C)C)cc1. The highest BCUT2D eigenvalue weighted by Gasteiger charge is 2.02. The van der Waals surface area contributed by atoms with E-state index in [1.165, 1.54) is 5.56 Å². The molecule has 2 aromatic carbocycles. The van der Waals surface area contributed by atoms with Crippen LogP contribution in [0.5, 0.6) is 0 Å². The van der Waals surface area contributed by atoms with E-state index in [9.17, 15) is 4.79 Å². The molecule has 0 aliphatic heterocycles. The second kappa shape index (κ2) is 7.58. The van der Waals surface area contributed by atoms with E-state index in [1.807, 2.05) is 43.3 Å². The molecule has 0 fully saturated rings. The number of carbonyl (C=O) groups is 1. The van der Waals surface area contributed by atoms with Crippen molar-refractivity contribution in [2.45, 2.75) is 26.7 Å². The fourth-order valence-corrected chi connectivity index (χ4v) is 2.75. The van der Waals surface area contributed by atoms with Crippen LogP contribution < -0.4 is 5.32 Å². The van der Waals surface area contributed by atoms with Crippen LogP contribution in [-0.4, -0.2) is 5.91 Å². The summed E-state index contributed by atoms with van der Waals surface area (Å²) in [5.41, 5.74) is 4.25. The van der Waals surface area contributed by atoms with Gasteiger partial charge in [-0.25, -0.2) is 0 Å². The number of amides is 1. The smallest absolute Gasteiger partial charge is 0.248 e. The van der Waals surface area contributed by atoms with Crippen molar-refractivity contribution in [3.8, 4) is 0 Å². The lowest BCUT2D eigenvalue weighted by atomic mass is 10.0. The second-order valence-electron chi connectivity index (χ2n) is 5.60. The summed E-state index contributed by atoms with van der Waals surface area (Å²) >= 11 is 2.26. The van der Waals surface area contributed by atoms with Gasteiger partial charge in [-0.1, -0.05) is 38.1 Å². The van der Waals surface area contributed by atoms with Crippen LogP contribution in [0.4, 0.5) is 5.69 Å². The Hall–Kier alpha value is -1.62. The van der Waals surface area contributed by atoms with E-state index in [1.54, 1.807) is 6.08 Å². The summed E-state index contributed by atoms with van der Waals surface area (Å²) in [6.07, 6.45) is 3.41. The maximum Gasteiger partial charge on any atom is 0.248 e. The van der Waals surface area contributed by atoms with E-state index in [4.69, 9.17) is 0 Å². The Morgan fingerprint density at radius 1 is 1.14 bits per heavy atom. The highest BCUT2D eigenvalue weighted by Crippen LogP contribution is 2.18. The molecule has 22 heavy (non-hydrogen) atoms. The average Bonchev–Trinajstić information content (AvgIpc) is 2.48. The van der Waals surface area contributed by atoms with E-state index in [2.05, 4.69) is 53.9 Å². The van der Waals surface area contributed by atoms with E-state index in [0.717, 1.165) is 20.4 Å². The van der Waals surface area contributed by atoms with Gasteiger partial charge in [-0.2, -0.15) is 0 Å². The van der Waals surface area contributed by atoms with Gasteiger partial charge in [0.15, 0.2) is 0 Å². The van der Waals surface area contributed by atoms with Crippen molar-refractivity contribution in [2.75, 3.05) is 5.32 Å². The summed E-state index contributed by atoms with van der Waals surface area (Å²) in [7, 11) is 0. The fourth-order valence-electron chi connectivity index (χ4n) is 2.11. The van der Waals surface area contributed by atoms with Crippen molar-refractivity contribution in [1.29, 1.82) is 0 Å². The quantitative estimate of drug-likeness (QED) is 0.538. The van der Waals surface area contributed by atoms with Crippen molar-refractivity contribution < 1.29 is 4.79 Å². The number of aryl methyl sites for hydroxylation is 1. The summed E-state index contributed by atoms with van der Waals surface area (Å²) in [6.45, 7) is 6.33. The summed E-state index contributed by atoms with van der Waals surface area (Å²) in [5.74, 6) is 0.405. The van der Waals surface area contributed by atoms with Crippen LogP contribution in [0.15, 0.2) is 48.5 Å². The maximum atomic E-state index is 12.0. The Morgan fingerprint density at radius 2 is 1.82 bits per heavy atom. The van der Waals surface area contributed by atoms with Crippen LogP contribution in [-0.2, 0) is 4.79 Å². The predicted octanol–water partition coefficient (Wildman–Crippen LogP) is 5.37. The van der Waals surface area contributed by atoms with Crippen molar-refractivity contribution in [2.24, 2.45) is 0 Å². The highest BCUT2D eigenvalue weighted by molar-refractivity contribution is 14.1. The van der Waals surface area contributed by atoms with Gasteiger partial charge in [0.2, 0.25) is 5.91 Å². The third kappa shape index (κ3) is 4.70. The molecule has 2 rings (SSSR count). The molecule has 0 aromatic heterocycles. The number of hydrogen-bond donors (Lipinski definition) is 1. The summed E-state index contributed by atoms with van der Waals surface area (Å²) in [6, 6.07) is 14.2. The van der Waals surface area contributed by atoms with Crippen LogP contribution in [0.25, 0.3) is 6.08 Å². The lowest BCUT2D eigenvalue weighted by molar-refractivity contribution is -0.111. The number of hydrogen-bond acceptors (Lipinski definition) is 1. The molecule has 0 unspecified atom stereocenters. The standard InChI is InChI=1S/C19H20INO/c1-13(2)16-7-4-15(5-8-16)6-11-19(22)21-18-10-9-17(20)12-14(18)3/h4-13H,1-3H3,(H,21,22). The number of anilines is 1. The molecule has 0 saturated carbocycles. The molecule has 3 heteroatoms. The third-order valence-corrected chi connectivity index (χ3v) is 4.15. The maximum absolute atomic E-state index is 12.0. The first-order chi connectivity index (χ1) is 10.5. The summed E-state index contributed by atoms with van der Waals surface area (Å²) in [5, 5.41) is 2.91. The molecule has 0 atom stereocenters. The van der Waals surface area contributed by atoms with Crippen molar-refractivity contribution >= 4 is 40.3 Å². The molecule has 0 aliphatic carbocycles. The first kappa shape index (κ1) is 16.7. The van der Waals surface area contributed by atoms with Gasteiger partial charge >= 0.3 is 0 Å². The molecule has 0 heterocycles. The number of halogens is 1. The molecular weight excluding hydrogens is 385 g/mol. The highest BCUT2D eigenvalue weighted by atomic mass is 127. The minimum atomic E-state index is -0.114. The Labute approximate surface area is 145 Å². The van der Waals surface area contributed by atoms with E-state index in [-0.39, 0.29) is 5.91 Å². The van der Waals surface area contributed by atoms with Crippen LogP contribution in [0.2, 0.25) is 0 Å². The summed E-state index contributed by atoms with van der Waals surface area (Å²) in [4.78, 5) is 12.0. The number of rotatable bonds is 4. The number of carbonyl (C=O) groups excluding carboxylic acids is 1. The summed E-state index contributed by atoms with van der Waals surface area (Å²) < 4.78 is 1.16. The molecule has 1 amide bonds. The van der Waals surface area contributed by atoms with Crippen LogP contribution in [0.3, 0.4) is 0 Å². The van der Waals surface area contributed by atoms with Crippen molar-refractivity contribution in [3.63, 3.8) is 0 Å². The Morgan fingerprint density at radius 3 is 2.41 bits per heavy atom. The largest absolute Gasteiger partial charge is 0.322 e. The predicted molar refractivity (Wildman–Crippen MR) is 102 cm³/mol. The second-order valence-corrected chi connectivity index (χ2v) is 6.85. The van der Waals surface area contributed by atoms with Gasteiger partial charge in [-0.05, 0) is 76.4 Å². The van der Waals surface area contributed by atoms with Gasteiger partial charge in [0.1, 0.15) is 0 Å². The number of nitrogens with one attached hydrogen (secondary N) is 1. The minimum absolute atomic E-state index is 0.114. The van der Waals surface area contributed by atoms with E-state index >= 15 is 0 Å². The first-order valence-corrected chi connectivity index (χ1v) is 8.39. The van der Waals surface area contributed by atoms with Crippen molar-refractivity contribution in [1.82, 2.24) is 0 Å². The van der Waals surface area contributed by atoms with Crippen LogP contribution in [0, 0.1) is 10.5 Å². The third-order valence-electron chi connectivity index (χ3n) is 3.48. The Balaban J connectivity index is 2.01. The lowest BCUT2D eigenvalue weighted by Gasteiger charge is -2.07. The molecule has 0 saturated heterocycles. The van der Waals surface area contributed by atoms with E-state index in [0.29, 0.717) is 5.92 Å². The molecule has 0 bridgehead atoms. The van der Waals surface area contributed by atoms with Crippen LogP contribution in [0.1, 0.15) is 36.5 Å². The molecule has 2 aromatic rings. The van der Waals surface area contributed by atoms with Gasteiger partial charge < -0.3 is 5.32 Å². The van der Waals surface area contributed by atoms with Crippen molar-refractivity contribution in [3.05, 3.63) is 68.8 Å². The zero-order valence-corrected chi connectivity index (χ0v) is 15.2. The van der Waals surface area contributed by atoms with Gasteiger partial charge in [0, 0.05) is 15.3 Å². The molecule has 0 radical (unpaired) electrons. The zero-order chi connectivity index (χ0) is 16.1. The molecule has 1 N–H and O–H groups in total. The molecular formula is C19H20INO. The number of benzene rings is 2. The molecule has 2 nitrogen and oxygen atoms in total. The lowest BCUT2D eigenvalue weighted by Crippen LogP contribution is -2.08. The fraction of sp³-hybridized carbons (Fsp3) is 0.211. The monoisotopic (exact) mass is 405 g/mol. The normalized spacial score (nSPS) is 11.1. The van der Waals surface area contributed by atoms with Gasteiger partial charge in [-0.3, -0.25) is 4.79 Å².